The van der Waals surface area contributed by atoms with Crippen LogP contribution in [0.2, 0.25) is 0 Å². The van der Waals surface area contributed by atoms with Crippen LogP contribution in [0.3, 0.4) is 0 Å². The number of H-pyrrole nitrogens is 1. The van der Waals surface area contributed by atoms with Crippen molar-refractivity contribution in [2.75, 3.05) is 5.32 Å². The maximum absolute atomic E-state index is 12.8. The zero-order valence-corrected chi connectivity index (χ0v) is 16.0. The molecular weight excluding hydrogens is 368 g/mol. The molecule has 0 saturated carbocycles. The molecule has 148 valence electrons. The smallest absolute Gasteiger partial charge is 0.319 e. The number of fused-ring (bicyclic) bond motifs is 3. The van der Waals surface area contributed by atoms with Crippen LogP contribution in [0.5, 0.6) is 0 Å². The monoisotopic (exact) mass is 390 g/mol. The van der Waals surface area contributed by atoms with E-state index in [1.807, 2.05) is 17.4 Å². The van der Waals surface area contributed by atoms with Gasteiger partial charge in [-0.2, -0.15) is 0 Å². The number of urea groups is 1. The van der Waals surface area contributed by atoms with Gasteiger partial charge in [0.25, 0.3) is 11.8 Å². The van der Waals surface area contributed by atoms with Crippen LogP contribution in [0.25, 0.3) is 10.9 Å². The molecule has 4 amide bonds. The predicted molar refractivity (Wildman–Crippen MR) is 111 cm³/mol. The van der Waals surface area contributed by atoms with Crippen molar-refractivity contribution in [3.8, 4) is 0 Å². The summed E-state index contributed by atoms with van der Waals surface area (Å²) in [6, 6.07) is 11.0. The van der Waals surface area contributed by atoms with Crippen LogP contribution in [-0.4, -0.2) is 22.8 Å². The standard InChI is InChI=1S/C22H22N4O3/c1-12-5-7-18-16(9-12)17-11-14(6-8-19(17)25-18)20(27)24-15-4-2-3-13(10-15)21(28)26-22(23)29/h2-4,6,8,10-12,25H,5,7,9H2,1H3,(H,24,27)(H3,23,26,28,29). The molecule has 0 fully saturated rings. The number of aryl methyl sites for hydroxylation is 1. The van der Waals surface area contributed by atoms with Crippen molar-refractivity contribution in [1.82, 2.24) is 10.3 Å². The molecule has 1 atom stereocenters. The lowest BCUT2D eigenvalue weighted by Gasteiger charge is -2.18. The fourth-order valence-corrected chi connectivity index (χ4v) is 3.86. The van der Waals surface area contributed by atoms with Crippen molar-refractivity contribution in [3.05, 3.63) is 64.8 Å². The Balaban J connectivity index is 1.57. The normalized spacial score (nSPS) is 15.6. The van der Waals surface area contributed by atoms with Gasteiger partial charge in [-0.15, -0.1) is 0 Å². The lowest BCUT2D eigenvalue weighted by atomic mass is 9.87. The van der Waals surface area contributed by atoms with E-state index in [2.05, 4.69) is 17.2 Å². The number of nitrogens with one attached hydrogen (secondary N) is 3. The van der Waals surface area contributed by atoms with Gasteiger partial charge in [0.2, 0.25) is 0 Å². The Hall–Kier alpha value is -3.61. The summed E-state index contributed by atoms with van der Waals surface area (Å²) in [5.41, 5.74) is 9.82. The maximum Gasteiger partial charge on any atom is 0.319 e. The van der Waals surface area contributed by atoms with Crippen molar-refractivity contribution in [2.45, 2.75) is 26.2 Å². The number of imide groups is 1. The third-order valence-electron chi connectivity index (χ3n) is 5.32. The second kappa shape index (κ2) is 7.43. The molecule has 4 rings (SSSR count). The second-order valence-electron chi connectivity index (χ2n) is 7.54. The fourth-order valence-electron chi connectivity index (χ4n) is 3.86. The molecule has 7 heteroatoms. The zero-order valence-electron chi connectivity index (χ0n) is 16.0. The summed E-state index contributed by atoms with van der Waals surface area (Å²) < 4.78 is 0. The average molecular weight is 390 g/mol. The summed E-state index contributed by atoms with van der Waals surface area (Å²) in [6.07, 6.45) is 3.22. The molecule has 0 aliphatic heterocycles. The third kappa shape index (κ3) is 3.85. The molecule has 1 aliphatic carbocycles. The number of benzene rings is 2. The number of aromatic nitrogens is 1. The van der Waals surface area contributed by atoms with Gasteiger partial charge in [0, 0.05) is 33.4 Å². The number of nitrogens with two attached hydrogens (primary N) is 1. The highest BCUT2D eigenvalue weighted by Crippen LogP contribution is 2.32. The summed E-state index contributed by atoms with van der Waals surface area (Å²) in [5, 5.41) is 5.90. The number of carbonyl (C=O) groups is 3. The molecule has 0 bridgehead atoms. The maximum atomic E-state index is 12.8. The number of amides is 4. The molecule has 1 aromatic heterocycles. The highest BCUT2D eigenvalue weighted by atomic mass is 16.2. The Morgan fingerprint density at radius 2 is 1.86 bits per heavy atom. The first-order valence-electron chi connectivity index (χ1n) is 9.56. The van der Waals surface area contributed by atoms with Gasteiger partial charge in [0.1, 0.15) is 0 Å². The summed E-state index contributed by atoms with van der Waals surface area (Å²) in [4.78, 5) is 39.0. The Kier molecular flexibility index (Phi) is 4.80. The van der Waals surface area contributed by atoms with E-state index in [1.54, 1.807) is 18.2 Å². The highest BCUT2D eigenvalue weighted by Gasteiger charge is 2.20. The first-order valence-corrected chi connectivity index (χ1v) is 9.56. The van der Waals surface area contributed by atoms with Gasteiger partial charge >= 0.3 is 6.03 Å². The Bertz CT molecular complexity index is 1130. The molecule has 1 unspecified atom stereocenters. The van der Waals surface area contributed by atoms with E-state index in [4.69, 9.17) is 5.73 Å². The number of rotatable bonds is 3. The molecule has 3 aromatic rings. The van der Waals surface area contributed by atoms with Gasteiger partial charge in [-0.05, 0) is 67.1 Å². The van der Waals surface area contributed by atoms with E-state index in [0.717, 1.165) is 23.7 Å². The molecule has 1 heterocycles. The lowest BCUT2D eigenvalue weighted by molar-refractivity contribution is 0.0964. The number of anilines is 1. The van der Waals surface area contributed by atoms with E-state index in [-0.39, 0.29) is 11.5 Å². The van der Waals surface area contributed by atoms with Crippen molar-refractivity contribution in [3.63, 3.8) is 0 Å². The van der Waals surface area contributed by atoms with E-state index in [9.17, 15) is 14.4 Å². The van der Waals surface area contributed by atoms with Crippen molar-refractivity contribution >= 4 is 34.4 Å². The van der Waals surface area contributed by atoms with Gasteiger partial charge in [0.15, 0.2) is 0 Å². The number of aromatic amines is 1. The minimum Gasteiger partial charge on any atom is -0.358 e. The Morgan fingerprint density at radius 1 is 1.07 bits per heavy atom. The predicted octanol–water partition coefficient (Wildman–Crippen LogP) is 3.35. The van der Waals surface area contributed by atoms with Crippen LogP contribution in [-0.2, 0) is 12.8 Å². The molecule has 0 spiro atoms. The van der Waals surface area contributed by atoms with Crippen molar-refractivity contribution in [1.29, 1.82) is 0 Å². The van der Waals surface area contributed by atoms with Crippen LogP contribution in [0.4, 0.5) is 10.5 Å². The minimum atomic E-state index is -0.929. The van der Waals surface area contributed by atoms with Crippen LogP contribution in [0.1, 0.15) is 45.3 Å². The molecule has 0 radical (unpaired) electrons. The zero-order chi connectivity index (χ0) is 20.5. The number of primary amides is 1. The lowest BCUT2D eigenvalue weighted by Crippen LogP contribution is -2.34. The molecule has 2 aromatic carbocycles. The Morgan fingerprint density at radius 3 is 2.66 bits per heavy atom. The number of carbonyl (C=O) groups excluding carboxylic acids is 3. The van der Waals surface area contributed by atoms with Crippen LogP contribution < -0.4 is 16.4 Å². The molecule has 1 aliphatic rings. The van der Waals surface area contributed by atoms with E-state index in [1.165, 1.54) is 29.8 Å². The van der Waals surface area contributed by atoms with E-state index < -0.39 is 11.9 Å². The van der Waals surface area contributed by atoms with E-state index in [0.29, 0.717) is 17.2 Å². The summed E-state index contributed by atoms with van der Waals surface area (Å²) in [6.45, 7) is 2.25. The van der Waals surface area contributed by atoms with E-state index >= 15 is 0 Å². The quantitative estimate of drug-likeness (QED) is 0.549. The topological polar surface area (TPSA) is 117 Å². The van der Waals surface area contributed by atoms with Crippen molar-refractivity contribution in [2.24, 2.45) is 11.7 Å². The summed E-state index contributed by atoms with van der Waals surface area (Å²) in [7, 11) is 0. The highest BCUT2D eigenvalue weighted by molar-refractivity contribution is 6.08. The van der Waals surface area contributed by atoms with Gasteiger partial charge in [-0.25, -0.2) is 4.79 Å². The largest absolute Gasteiger partial charge is 0.358 e. The van der Waals surface area contributed by atoms with Crippen LogP contribution in [0.15, 0.2) is 42.5 Å². The molecule has 5 N–H and O–H groups in total. The SMILES string of the molecule is CC1CCc2[nH]c3ccc(C(=O)Nc4cccc(C(=O)NC(N)=O)c4)cc3c2C1. The third-order valence-corrected chi connectivity index (χ3v) is 5.32. The summed E-state index contributed by atoms with van der Waals surface area (Å²) >= 11 is 0. The number of hydrogen-bond donors (Lipinski definition) is 4. The van der Waals surface area contributed by atoms with Crippen molar-refractivity contribution < 1.29 is 14.4 Å². The summed E-state index contributed by atoms with van der Waals surface area (Å²) in [5.74, 6) is -0.255. The Labute approximate surface area is 167 Å². The van der Waals surface area contributed by atoms with Crippen LogP contribution in [0, 0.1) is 5.92 Å². The van der Waals surface area contributed by atoms with Gasteiger partial charge in [-0.3, -0.25) is 14.9 Å². The molecular formula is C22H22N4O3. The molecule has 29 heavy (non-hydrogen) atoms. The molecule has 0 saturated heterocycles. The fraction of sp³-hybridized carbons (Fsp3) is 0.227. The molecule has 7 nitrogen and oxygen atoms in total. The second-order valence-corrected chi connectivity index (χ2v) is 7.54. The first-order chi connectivity index (χ1) is 13.9. The van der Waals surface area contributed by atoms with Crippen LogP contribution >= 0.6 is 0 Å². The minimum absolute atomic E-state index is 0.228. The van der Waals surface area contributed by atoms with Gasteiger partial charge in [-0.1, -0.05) is 13.0 Å². The van der Waals surface area contributed by atoms with Gasteiger partial charge in [0.05, 0.1) is 0 Å². The first kappa shape index (κ1) is 18.7. The number of hydrogen-bond acceptors (Lipinski definition) is 3. The van der Waals surface area contributed by atoms with Gasteiger partial charge < -0.3 is 16.0 Å². The average Bonchev–Trinajstić information content (AvgIpc) is 3.04.